The first kappa shape index (κ1) is 14.3. The number of amides is 1. The zero-order chi connectivity index (χ0) is 13.7. The summed E-state index contributed by atoms with van der Waals surface area (Å²) in [4.78, 5) is 12.0. The molecule has 0 saturated heterocycles. The van der Waals surface area contributed by atoms with Gasteiger partial charge in [0.05, 0.1) is 10.7 Å². The van der Waals surface area contributed by atoms with E-state index in [-0.39, 0.29) is 5.91 Å². The molecule has 0 aliphatic heterocycles. The highest BCUT2D eigenvalue weighted by Crippen LogP contribution is 2.27. The second-order valence-electron chi connectivity index (χ2n) is 3.89. The van der Waals surface area contributed by atoms with Crippen molar-refractivity contribution >= 4 is 28.9 Å². The lowest BCUT2D eigenvalue weighted by atomic mass is 10.1. The van der Waals surface area contributed by atoms with Crippen molar-refractivity contribution in [2.24, 2.45) is 0 Å². The molecule has 1 rings (SSSR count). The van der Waals surface area contributed by atoms with E-state index in [1.54, 1.807) is 24.3 Å². The first-order chi connectivity index (χ1) is 8.49. The van der Waals surface area contributed by atoms with Crippen LogP contribution < -0.4 is 11.1 Å². The van der Waals surface area contributed by atoms with Gasteiger partial charge in [0, 0.05) is 11.3 Å². The summed E-state index contributed by atoms with van der Waals surface area (Å²) in [6, 6.07) is 3.40. The summed E-state index contributed by atoms with van der Waals surface area (Å²) < 4.78 is 0. The van der Waals surface area contributed by atoms with Gasteiger partial charge in [-0.3, -0.25) is 4.79 Å². The molecule has 0 saturated carbocycles. The maximum atomic E-state index is 12.0. The Kier molecular flexibility index (Phi) is 4.98. The molecule has 1 amide bonds. The van der Waals surface area contributed by atoms with Crippen molar-refractivity contribution in [3.8, 4) is 0 Å². The highest BCUT2D eigenvalue weighted by Gasteiger charge is 2.09. The fourth-order valence-electron chi connectivity index (χ4n) is 1.47. The maximum Gasteiger partial charge on any atom is 0.255 e. The van der Waals surface area contributed by atoms with Crippen LogP contribution in [0.15, 0.2) is 35.9 Å². The normalized spacial score (nSPS) is 11.9. The lowest BCUT2D eigenvalue weighted by Crippen LogP contribution is -2.13. The van der Waals surface area contributed by atoms with Crippen LogP contribution in [0.4, 0.5) is 11.4 Å². The zero-order valence-corrected chi connectivity index (χ0v) is 11.5. The lowest BCUT2D eigenvalue weighted by Gasteiger charge is -2.10. The van der Waals surface area contributed by atoms with Gasteiger partial charge in [-0.05, 0) is 38.5 Å². The summed E-state index contributed by atoms with van der Waals surface area (Å²) >= 11 is 6.04. The van der Waals surface area contributed by atoms with Crippen molar-refractivity contribution in [3.05, 3.63) is 46.5 Å². The van der Waals surface area contributed by atoms with Gasteiger partial charge >= 0.3 is 0 Å². The number of hydrogen-bond acceptors (Lipinski definition) is 2. The van der Waals surface area contributed by atoms with Gasteiger partial charge < -0.3 is 11.1 Å². The third-order valence-electron chi connectivity index (χ3n) is 2.52. The van der Waals surface area contributed by atoms with Gasteiger partial charge in [0.2, 0.25) is 0 Å². The van der Waals surface area contributed by atoms with E-state index in [9.17, 15) is 4.79 Å². The number of hydrogen-bond donors (Lipinski definition) is 2. The number of aryl methyl sites for hydroxylation is 1. The predicted octanol–water partition coefficient (Wildman–Crippen LogP) is 3.69. The number of carbonyl (C=O) groups is 1. The van der Waals surface area contributed by atoms with Gasteiger partial charge in [0.25, 0.3) is 5.91 Å². The molecule has 0 spiro atoms. The smallest absolute Gasteiger partial charge is 0.255 e. The number of allylic oxidation sites excluding steroid dienone is 2. The van der Waals surface area contributed by atoms with Crippen molar-refractivity contribution in [3.63, 3.8) is 0 Å². The minimum atomic E-state index is -0.193. The molecule has 1 aromatic carbocycles. The van der Waals surface area contributed by atoms with Crippen LogP contribution in [0.3, 0.4) is 0 Å². The van der Waals surface area contributed by atoms with Crippen LogP contribution in [0.25, 0.3) is 0 Å². The molecule has 0 fully saturated rings. The molecule has 0 aliphatic rings. The van der Waals surface area contributed by atoms with Gasteiger partial charge in [0.15, 0.2) is 0 Å². The topological polar surface area (TPSA) is 55.1 Å². The second-order valence-corrected chi connectivity index (χ2v) is 4.29. The van der Waals surface area contributed by atoms with Crippen LogP contribution in [0.2, 0.25) is 5.02 Å². The maximum absolute atomic E-state index is 12.0. The monoisotopic (exact) mass is 264 g/mol. The molecule has 0 aromatic heterocycles. The Hall–Kier alpha value is -1.74. The molecule has 3 nitrogen and oxygen atoms in total. The van der Waals surface area contributed by atoms with E-state index in [2.05, 4.69) is 5.32 Å². The molecule has 18 heavy (non-hydrogen) atoms. The number of halogens is 1. The highest BCUT2D eigenvalue weighted by molar-refractivity contribution is 6.34. The van der Waals surface area contributed by atoms with E-state index in [0.29, 0.717) is 22.0 Å². The Morgan fingerprint density at radius 3 is 2.61 bits per heavy atom. The Labute approximate surface area is 112 Å². The van der Waals surface area contributed by atoms with E-state index >= 15 is 0 Å². The molecular weight excluding hydrogens is 248 g/mol. The van der Waals surface area contributed by atoms with Crippen molar-refractivity contribution in [1.29, 1.82) is 0 Å². The molecule has 96 valence electrons. The van der Waals surface area contributed by atoms with Gasteiger partial charge in [-0.2, -0.15) is 0 Å². The molecule has 0 atom stereocenters. The first-order valence-electron chi connectivity index (χ1n) is 5.65. The molecule has 4 heteroatoms. The fourth-order valence-corrected chi connectivity index (χ4v) is 1.69. The van der Waals surface area contributed by atoms with E-state index in [0.717, 1.165) is 5.56 Å². The van der Waals surface area contributed by atoms with Crippen LogP contribution >= 0.6 is 11.6 Å². The van der Waals surface area contributed by atoms with E-state index < -0.39 is 0 Å². The Balaban J connectivity index is 2.98. The van der Waals surface area contributed by atoms with Crippen molar-refractivity contribution in [2.45, 2.75) is 20.8 Å². The van der Waals surface area contributed by atoms with Gasteiger partial charge in [-0.1, -0.05) is 29.8 Å². The van der Waals surface area contributed by atoms with Gasteiger partial charge in [-0.25, -0.2) is 0 Å². The highest BCUT2D eigenvalue weighted by atomic mass is 35.5. The molecule has 0 radical (unpaired) electrons. The average molecular weight is 265 g/mol. The number of rotatable bonds is 3. The summed E-state index contributed by atoms with van der Waals surface area (Å²) in [7, 11) is 0. The molecule has 3 N–H and O–H groups in total. The summed E-state index contributed by atoms with van der Waals surface area (Å²) in [6.07, 6.45) is 5.30. The molecule has 0 heterocycles. The van der Waals surface area contributed by atoms with Crippen molar-refractivity contribution < 1.29 is 4.79 Å². The first-order valence-corrected chi connectivity index (χ1v) is 6.03. The third kappa shape index (κ3) is 3.37. The summed E-state index contributed by atoms with van der Waals surface area (Å²) in [5, 5.41) is 3.20. The predicted molar refractivity (Wildman–Crippen MR) is 77.8 cm³/mol. The van der Waals surface area contributed by atoms with E-state index in [1.807, 2.05) is 26.8 Å². The Morgan fingerprint density at radius 2 is 2.06 bits per heavy atom. The van der Waals surface area contributed by atoms with Gasteiger partial charge in [0.1, 0.15) is 0 Å². The summed E-state index contributed by atoms with van der Waals surface area (Å²) in [5.41, 5.74) is 8.37. The largest absolute Gasteiger partial charge is 0.398 e. The second kappa shape index (κ2) is 6.26. The molecule has 1 aromatic rings. The van der Waals surface area contributed by atoms with Crippen LogP contribution in [-0.2, 0) is 4.79 Å². The number of nitrogens with two attached hydrogens (primary N) is 1. The van der Waals surface area contributed by atoms with E-state index in [4.69, 9.17) is 17.3 Å². The summed E-state index contributed by atoms with van der Waals surface area (Å²) in [5.74, 6) is -0.193. The quantitative estimate of drug-likeness (QED) is 0.497. The minimum Gasteiger partial charge on any atom is -0.398 e. The van der Waals surface area contributed by atoms with Crippen LogP contribution in [0.1, 0.15) is 19.4 Å². The number of benzene rings is 1. The standard InChI is InChI=1S/C14H17ClN2O/c1-4-6-10(5-2)14(18)17-13-7-9(3)12(16)8-11(13)15/h4-8H,16H2,1-3H3,(H,17,18). The number of anilines is 2. The molecule has 0 bridgehead atoms. The third-order valence-corrected chi connectivity index (χ3v) is 2.84. The Morgan fingerprint density at radius 1 is 1.39 bits per heavy atom. The molecular formula is C14H17ClN2O. The number of carbonyl (C=O) groups excluding carboxylic acids is 1. The number of nitrogen functional groups attached to an aromatic ring is 1. The fraction of sp³-hybridized carbons (Fsp3) is 0.214. The molecule has 0 aliphatic carbocycles. The molecule has 0 unspecified atom stereocenters. The summed E-state index contributed by atoms with van der Waals surface area (Å²) in [6.45, 7) is 5.53. The van der Waals surface area contributed by atoms with E-state index in [1.165, 1.54) is 0 Å². The lowest BCUT2D eigenvalue weighted by molar-refractivity contribution is -0.112. The SMILES string of the molecule is CC=CC(=CC)C(=O)Nc1cc(C)c(N)cc1Cl. The van der Waals surface area contributed by atoms with Crippen molar-refractivity contribution in [1.82, 2.24) is 0 Å². The zero-order valence-electron chi connectivity index (χ0n) is 10.8. The average Bonchev–Trinajstić information content (AvgIpc) is 2.32. The number of nitrogens with one attached hydrogen (secondary N) is 1. The minimum absolute atomic E-state index is 0.193. The van der Waals surface area contributed by atoms with Crippen molar-refractivity contribution in [2.75, 3.05) is 11.1 Å². The Bertz CT molecular complexity index is 519. The van der Waals surface area contributed by atoms with Gasteiger partial charge in [-0.15, -0.1) is 0 Å². The van der Waals surface area contributed by atoms with Crippen LogP contribution in [0, 0.1) is 6.92 Å². The van der Waals surface area contributed by atoms with Crippen LogP contribution in [0.5, 0.6) is 0 Å². The van der Waals surface area contributed by atoms with Crippen LogP contribution in [-0.4, -0.2) is 5.91 Å².